The Morgan fingerprint density at radius 3 is 1.81 bits per heavy atom. The Hall–Kier alpha value is -3.93. The molecule has 0 aliphatic heterocycles. The van der Waals surface area contributed by atoms with Gasteiger partial charge in [-0.1, -0.05) is 67.6 Å². The van der Waals surface area contributed by atoms with Crippen LogP contribution >= 0.6 is 0 Å². The van der Waals surface area contributed by atoms with Gasteiger partial charge in [0.1, 0.15) is 0 Å². The summed E-state index contributed by atoms with van der Waals surface area (Å²) >= 11 is 0. The number of carbonyl (C=O) groups is 3. The maximum absolute atomic E-state index is 12.9. The van der Waals surface area contributed by atoms with E-state index in [2.05, 4.69) is 16.2 Å². The zero-order valence-corrected chi connectivity index (χ0v) is 17.3. The summed E-state index contributed by atoms with van der Waals surface area (Å²) in [4.78, 5) is 37.1. The van der Waals surface area contributed by atoms with Gasteiger partial charge in [0.05, 0.1) is 5.92 Å². The molecule has 3 amide bonds. The highest BCUT2D eigenvalue weighted by molar-refractivity contribution is 5.97. The van der Waals surface area contributed by atoms with E-state index >= 15 is 0 Å². The van der Waals surface area contributed by atoms with Gasteiger partial charge in [-0.05, 0) is 41.8 Å². The summed E-state index contributed by atoms with van der Waals surface area (Å²) in [6.07, 6.45) is 1.21. The van der Waals surface area contributed by atoms with Crippen LogP contribution in [0.2, 0.25) is 0 Å². The lowest BCUT2D eigenvalue weighted by Gasteiger charge is -2.18. The van der Waals surface area contributed by atoms with Crippen molar-refractivity contribution in [1.29, 1.82) is 0 Å². The van der Waals surface area contributed by atoms with Gasteiger partial charge in [0.15, 0.2) is 0 Å². The summed E-state index contributed by atoms with van der Waals surface area (Å²) < 4.78 is 0. The first kappa shape index (κ1) is 21.8. The van der Waals surface area contributed by atoms with Gasteiger partial charge in [-0.15, -0.1) is 0 Å². The topological polar surface area (TPSA) is 87.3 Å². The molecule has 3 rings (SSSR count). The zero-order valence-electron chi connectivity index (χ0n) is 17.3. The standard InChI is InChI=1S/C25H25N3O3/c1-2-9-22(29)26-21-16-14-20(15-17-21)24(30)27-28-25(31)23(18-10-5-3-6-11-18)19-12-7-4-8-13-19/h3-8,10-17,23H,2,9H2,1H3,(H,26,29)(H,27,30)(H,28,31). The van der Waals surface area contributed by atoms with E-state index in [1.807, 2.05) is 67.6 Å². The van der Waals surface area contributed by atoms with Crippen LogP contribution in [0.15, 0.2) is 84.9 Å². The highest BCUT2D eigenvalue weighted by Gasteiger charge is 2.23. The van der Waals surface area contributed by atoms with Gasteiger partial charge in [0, 0.05) is 17.7 Å². The van der Waals surface area contributed by atoms with Crippen molar-refractivity contribution in [2.45, 2.75) is 25.7 Å². The number of hydrogen-bond acceptors (Lipinski definition) is 3. The van der Waals surface area contributed by atoms with Crippen LogP contribution in [0, 0.1) is 0 Å². The normalized spacial score (nSPS) is 10.4. The molecule has 0 unspecified atom stereocenters. The molecule has 3 N–H and O–H groups in total. The first-order valence-corrected chi connectivity index (χ1v) is 10.2. The molecule has 0 bridgehead atoms. The minimum Gasteiger partial charge on any atom is -0.326 e. The van der Waals surface area contributed by atoms with E-state index in [4.69, 9.17) is 0 Å². The largest absolute Gasteiger partial charge is 0.326 e. The van der Waals surface area contributed by atoms with Crippen molar-refractivity contribution in [3.05, 3.63) is 102 Å². The van der Waals surface area contributed by atoms with Crippen molar-refractivity contribution in [2.75, 3.05) is 5.32 Å². The van der Waals surface area contributed by atoms with Crippen LogP contribution in [0.4, 0.5) is 5.69 Å². The van der Waals surface area contributed by atoms with Crippen molar-refractivity contribution in [2.24, 2.45) is 0 Å². The lowest BCUT2D eigenvalue weighted by Crippen LogP contribution is -2.44. The highest BCUT2D eigenvalue weighted by atomic mass is 16.2. The van der Waals surface area contributed by atoms with Crippen LogP contribution in [0.1, 0.15) is 47.2 Å². The van der Waals surface area contributed by atoms with E-state index in [9.17, 15) is 14.4 Å². The lowest BCUT2D eigenvalue weighted by atomic mass is 9.91. The van der Waals surface area contributed by atoms with Crippen molar-refractivity contribution < 1.29 is 14.4 Å². The van der Waals surface area contributed by atoms with E-state index in [0.717, 1.165) is 17.5 Å². The highest BCUT2D eigenvalue weighted by Crippen LogP contribution is 2.24. The smallest absolute Gasteiger partial charge is 0.269 e. The molecular formula is C25H25N3O3. The Bertz CT molecular complexity index is 979. The van der Waals surface area contributed by atoms with E-state index < -0.39 is 11.8 Å². The van der Waals surface area contributed by atoms with Gasteiger partial charge in [-0.25, -0.2) is 0 Å². The third kappa shape index (κ3) is 6.02. The number of hydrazine groups is 1. The zero-order chi connectivity index (χ0) is 22.1. The Labute approximate surface area is 181 Å². The predicted molar refractivity (Wildman–Crippen MR) is 120 cm³/mol. The van der Waals surface area contributed by atoms with Crippen LogP contribution in [-0.4, -0.2) is 17.7 Å². The van der Waals surface area contributed by atoms with E-state index in [-0.39, 0.29) is 11.8 Å². The molecular weight excluding hydrogens is 390 g/mol. The van der Waals surface area contributed by atoms with Gasteiger partial charge < -0.3 is 5.32 Å². The number of benzene rings is 3. The molecule has 6 heteroatoms. The van der Waals surface area contributed by atoms with Gasteiger partial charge in [0.2, 0.25) is 11.8 Å². The minimum atomic E-state index is -0.557. The van der Waals surface area contributed by atoms with Crippen molar-refractivity contribution in [3.63, 3.8) is 0 Å². The van der Waals surface area contributed by atoms with Crippen LogP contribution in [-0.2, 0) is 9.59 Å². The molecule has 158 valence electrons. The summed E-state index contributed by atoms with van der Waals surface area (Å²) in [5.74, 6) is -1.41. The fraction of sp³-hybridized carbons (Fsp3) is 0.160. The predicted octanol–water partition coefficient (Wildman–Crippen LogP) is 4.02. The number of amides is 3. The molecule has 6 nitrogen and oxygen atoms in total. The molecule has 0 heterocycles. The molecule has 0 spiro atoms. The monoisotopic (exact) mass is 415 g/mol. The van der Waals surface area contributed by atoms with Gasteiger partial charge in [-0.2, -0.15) is 0 Å². The molecule has 0 atom stereocenters. The third-order valence-electron chi connectivity index (χ3n) is 4.74. The summed E-state index contributed by atoms with van der Waals surface area (Å²) in [6.45, 7) is 1.93. The summed E-state index contributed by atoms with van der Waals surface area (Å²) in [5, 5.41) is 2.77. The first-order chi connectivity index (χ1) is 15.1. The number of nitrogens with one attached hydrogen (secondary N) is 3. The molecule has 0 saturated carbocycles. The second-order valence-corrected chi connectivity index (χ2v) is 7.07. The van der Waals surface area contributed by atoms with Gasteiger partial charge in [-0.3, -0.25) is 25.2 Å². The minimum absolute atomic E-state index is 0.0696. The van der Waals surface area contributed by atoms with Crippen molar-refractivity contribution >= 4 is 23.4 Å². The Morgan fingerprint density at radius 1 is 0.742 bits per heavy atom. The summed E-state index contributed by atoms with van der Waals surface area (Å²) in [7, 11) is 0. The number of hydrogen-bond donors (Lipinski definition) is 3. The lowest BCUT2D eigenvalue weighted by molar-refractivity contribution is -0.122. The third-order valence-corrected chi connectivity index (χ3v) is 4.74. The molecule has 0 aliphatic rings. The number of rotatable bonds is 7. The molecule has 0 fully saturated rings. The van der Waals surface area contributed by atoms with Crippen LogP contribution in [0.25, 0.3) is 0 Å². The fourth-order valence-electron chi connectivity index (χ4n) is 3.20. The average Bonchev–Trinajstić information content (AvgIpc) is 2.80. The molecule has 3 aromatic rings. The molecule has 0 saturated heterocycles. The van der Waals surface area contributed by atoms with E-state index in [0.29, 0.717) is 17.7 Å². The Balaban J connectivity index is 1.65. The molecule has 0 radical (unpaired) electrons. The average molecular weight is 415 g/mol. The van der Waals surface area contributed by atoms with Crippen LogP contribution in [0.3, 0.4) is 0 Å². The SMILES string of the molecule is CCCC(=O)Nc1ccc(C(=O)NNC(=O)C(c2ccccc2)c2ccccc2)cc1. The van der Waals surface area contributed by atoms with Gasteiger partial charge in [0.25, 0.3) is 5.91 Å². The van der Waals surface area contributed by atoms with Crippen LogP contribution < -0.4 is 16.2 Å². The number of carbonyl (C=O) groups excluding carboxylic acids is 3. The first-order valence-electron chi connectivity index (χ1n) is 10.2. The molecule has 31 heavy (non-hydrogen) atoms. The summed E-state index contributed by atoms with van der Waals surface area (Å²) in [5.41, 5.74) is 7.64. The maximum Gasteiger partial charge on any atom is 0.269 e. The maximum atomic E-state index is 12.9. The fourth-order valence-corrected chi connectivity index (χ4v) is 3.20. The van der Waals surface area contributed by atoms with Gasteiger partial charge >= 0.3 is 0 Å². The van der Waals surface area contributed by atoms with Crippen molar-refractivity contribution in [1.82, 2.24) is 10.9 Å². The molecule has 0 aromatic heterocycles. The molecule has 3 aromatic carbocycles. The van der Waals surface area contributed by atoms with Crippen molar-refractivity contribution in [3.8, 4) is 0 Å². The van der Waals surface area contributed by atoms with E-state index in [1.54, 1.807) is 24.3 Å². The quantitative estimate of drug-likeness (QED) is 0.510. The summed E-state index contributed by atoms with van der Waals surface area (Å²) in [6, 6.07) is 25.3. The second kappa shape index (κ2) is 10.7. The Morgan fingerprint density at radius 2 is 1.29 bits per heavy atom. The second-order valence-electron chi connectivity index (χ2n) is 7.07. The van der Waals surface area contributed by atoms with E-state index in [1.165, 1.54) is 0 Å². The Kier molecular flexibility index (Phi) is 7.54. The molecule has 0 aliphatic carbocycles. The number of anilines is 1. The van der Waals surface area contributed by atoms with Crippen LogP contribution in [0.5, 0.6) is 0 Å².